The summed E-state index contributed by atoms with van der Waals surface area (Å²) < 4.78 is 2.05. The lowest BCUT2D eigenvalue weighted by Crippen LogP contribution is -2.44. The van der Waals surface area contributed by atoms with Gasteiger partial charge in [0.15, 0.2) is 5.96 Å². The van der Waals surface area contributed by atoms with Crippen LogP contribution in [0.25, 0.3) is 5.65 Å². The predicted octanol–water partition coefficient (Wildman–Crippen LogP) is 1.85. The van der Waals surface area contributed by atoms with Crippen LogP contribution in [0, 0.1) is 6.92 Å². The fraction of sp³-hybridized carbons (Fsp3) is 0.429. The van der Waals surface area contributed by atoms with Gasteiger partial charge in [0.2, 0.25) is 0 Å². The molecule has 0 aliphatic rings. The Hall–Kier alpha value is -2.04. The molecule has 19 heavy (non-hydrogen) atoms. The molecule has 0 atom stereocenters. The van der Waals surface area contributed by atoms with E-state index in [0.717, 1.165) is 17.0 Å². The van der Waals surface area contributed by atoms with Crippen LogP contribution in [0.3, 0.4) is 0 Å². The van der Waals surface area contributed by atoms with E-state index in [1.165, 1.54) is 0 Å². The van der Waals surface area contributed by atoms with Crippen molar-refractivity contribution < 1.29 is 0 Å². The molecule has 5 nitrogen and oxygen atoms in total. The second-order valence-electron chi connectivity index (χ2n) is 5.70. The van der Waals surface area contributed by atoms with Gasteiger partial charge in [-0.05, 0) is 39.8 Å². The molecule has 0 radical (unpaired) electrons. The van der Waals surface area contributed by atoms with Crippen LogP contribution in [-0.4, -0.2) is 20.9 Å². The molecule has 0 fully saturated rings. The van der Waals surface area contributed by atoms with Gasteiger partial charge < -0.3 is 15.5 Å². The third kappa shape index (κ3) is 3.47. The summed E-state index contributed by atoms with van der Waals surface area (Å²) in [7, 11) is 0. The quantitative estimate of drug-likeness (QED) is 0.639. The van der Waals surface area contributed by atoms with Crippen LogP contribution in [0.1, 0.15) is 32.2 Å². The van der Waals surface area contributed by atoms with Crippen LogP contribution in [0.15, 0.2) is 29.4 Å². The molecule has 0 aromatic carbocycles. The van der Waals surface area contributed by atoms with Gasteiger partial charge in [0.1, 0.15) is 5.65 Å². The van der Waals surface area contributed by atoms with Crippen molar-refractivity contribution in [2.45, 2.75) is 39.8 Å². The number of nitrogens with zero attached hydrogens (tertiary/aromatic N) is 3. The van der Waals surface area contributed by atoms with E-state index in [2.05, 4.69) is 32.7 Å². The Kier molecular flexibility index (Phi) is 3.46. The van der Waals surface area contributed by atoms with Gasteiger partial charge in [-0.15, -0.1) is 0 Å². The monoisotopic (exact) mass is 259 g/mol. The zero-order chi connectivity index (χ0) is 14.0. The molecule has 102 valence electrons. The largest absolute Gasteiger partial charge is 0.370 e. The molecule has 0 aliphatic heterocycles. The average Bonchev–Trinajstić information content (AvgIpc) is 2.68. The Morgan fingerprint density at radius 1 is 1.42 bits per heavy atom. The van der Waals surface area contributed by atoms with Crippen LogP contribution in [0.4, 0.5) is 0 Å². The maximum absolute atomic E-state index is 5.84. The molecule has 0 bridgehead atoms. The van der Waals surface area contributed by atoms with E-state index in [-0.39, 0.29) is 5.54 Å². The highest BCUT2D eigenvalue weighted by Crippen LogP contribution is 2.09. The number of nitrogens with two attached hydrogens (primary N) is 1. The number of hydrogen-bond acceptors (Lipinski definition) is 2. The van der Waals surface area contributed by atoms with Crippen molar-refractivity contribution in [3.63, 3.8) is 0 Å². The Balaban J connectivity index is 2.14. The topological polar surface area (TPSA) is 67.7 Å². The first-order valence-corrected chi connectivity index (χ1v) is 6.37. The number of fused-ring (bicyclic) bond motifs is 1. The van der Waals surface area contributed by atoms with Gasteiger partial charge in [-0.3, -0.25) is 0 Å². The van der Waals surface area contributed by atoms with Crippen LogP contribution in [0.2, 0.25) is 0 Å². The summed E-state index contributed by atoms with van der Waals surface area (Å²) in [6.07, 6.45) is 2.00. The lowest BCUT2D eigenvalue weighted by Gasteiger charge is -2.20. The van der Waals surface area contributed by atoms with Crippen molar-refractivity contribution in [3.8, 4) is 0 Å². The van der Waals surface area contributed by atoms with E-state index in [0.29, 0.717) is 12.5 Å². The summed E-state index contributed by atoms with van der Waals surface area (Å²) >= 11 is 0. The maximum Gasteiger partial charge on any atom is 0.189 e. The standard InChI is InChI=1S/C14H21N5/c1-10-6-5-7-12-17-11(9-19(10)12)8-16-13(15)18-14(2,3)4/h5-7,9H,8H2,1-4H3,(H3,15,16,18). The number of pyridine rings is 1. The number of rotatable bonds is 2. The van der Waals surface area contributed by atoms with Gasteiger partial charge in [0.05, 0.1) is 12.2 Å². The fourth-order valence-electron chi connectivity index (χ4n) is 1.86. The Bertz CT molecular complexity index is 604. The van der Waals surface area contributed by atoms with E-state index in [4.69, 9.17) is 5.73 Å². The van der Waals surface area contributed by atoms with Crippen molar-refractivity contribution in [2.24, 2.45) is 10.7 Å². The number of aryl methyl sites for hydroxylation is 1. The highest BCUT2D eigenvalue weighted by molar-refractivity contribution is 5.78. The fourth-order valence-corrected chi connectivity index (χ4v) is 1.86. The van der Waals surface area contributed by atoms with Crippen LogP contribution in [-0.2, 0) is 6.54 Å². The Morgan fingerprint density at radius 3 is 2.79 bits per heavy atom. The average molecular weight is 259 g/mol. The first-order valence-electron chi connectivity index (χ1n) is 6.37. The van der Waals surface area contributed by atoms with Crippen molar-refractivity contribution in [2.75, 3.05) is 0 Å². The normalized spacial score (nSPS) is 12.9. The number of imidazole rings is 1. The molecule has 0 amide bonds. The molecule has 2 rings (SSSR count). The maximum atomic E-state index is 5.84. The van der Waals surface area contributed by atoms with Crippen molar-refractivity contribution >= 4 is 11.6 Å². The molecule has 0 unspecified atom stereocenters. The van der Waals surface area contributed by atoms with E-state index >= 15 is 0 Å². The van der Waals surface area contributed by atoms with Crippen molar-refractivity contribution in [1.82, 2.24) is 14.7 Å². The van der Waals surface area contributed by atoms with E-state index in [1.54, 1.807) is 0 Å². The molecule has 0 saturated heterocycles. The molecular weight excluding hydrogens is 238 g/mol. The first kappa shape index (κ1) is 13.4. The molecular formula is C14H21N5. The number of hydrogen-bond donors (Lipinski definition) is 2. The predicted molar refractivity (Wildman–Crippen MR) is 78.1 cm³/mol. The molecule has 0 saturated carbocycles. The van der Waals surface area contributed by atoms with Gasteiger partial charge in [0.25, 0.3) is 0 Å². The molecule has 2 heterocycles. The minimum atomic E-state index is -0.0803. The number of guanidine groups is 1. The summed E-state index contributed by atoms with van der Waals surface area (Å²) in [5.41, 5.74) is 8.76. The highest BCUT2D eigenvalue weighted by atomic mass is 15.1. The summed E-state index contributed by atoms with van der Waals surface area (Å²) in [5, 5.41) is 3.13. The van der Waals surface area contributed by atoms with Crippen LogP contribution >= 0.6 is 0 Å². The number of nitrogens with one attached hydrogen (secondary N) is 1. The SMILES string of the molecule is Cc1cccc2nc(CN=C(N)NC(C)(C)C)cn12. The second kappa shape index (κ2) is 4.91. The summed E-state index contributed by atoms with van der Waals surface area (Å²) in [5.74, 6) is 0.446. The van der Waals surface area contributed by atoms with Crippen molar-refractivity contribution in [1.29, 1.82) is 0 Å². The first-order chi connectivity index (χ1) is 8.85. The number of aromatic nitrogens is 2. The molecule has 0 aliphatic carbocycles. The third-order valence-corrected chi connectivity index (χ3v) is 2.66. The van der Waals surface area contributed by atoms with Crippen LogP contribution in [0.5, 0.6) is 0 Å². The molecule has 0 spiro atoms. The smallest absolute Gasteiger partial charge is 0.189 e. The lowest BCUT2D eigenvalue weighted by molar-refractivity contribution is 0.508. The van der Waals surface area contributed by atoms with Gasteiger partial charge in [-0.2, -0.15) is 0 Å². The zero-order valence-electron chi connectivity index (χ0n) is 11.9. The summed E-state index contributed by atoms with van der Waals surface area (Å²) in [4.78, 5) is 8.83. The molecule has 2 aromatic rings. The molecule has 5 heteroatoms. The van der Waals surface area contributed by atoms with Gasteiger partial charge >= 0.3 is 0 Å². The van der Waals surface area contributed by atoms with E-state index in [1.807, 2.05) is 39.1 Å². The molecule has 2 aromatic heterocycles. The number of aliphatic imine (C=N–C) groups is 1. The van der Waals surface area contributed by atoms with Crippen molar-refractivity contribution in [3.05, 3.63) is 35.8 Å². The van der Waals surface area contributed by atoms with E-state index in [9.17, 15) is 0 Å². The molecule has 3 N–H and O–H groups in total. The zero-order valence-corrected chi connectivity index (χ0v) is 11.9. The Morgan fingerprint density at radius 2 is 2.16 bits per heavy atom. The minimum Gasteiger partial charge on any atom is -0.370 e. The summed E-state index contributed by atoms with van der Waals surface area (Å²) in [6, 6.07) is 6.04. The summed E-state index contributed by atoms with van der Waals surface area (Å²) in [6.45, 7) is 8.67. The minimum absolute atomic E-state index is 0.0803. The van der Waals surface area contributed by atoms with Crippen LogP contribution < -0.4 is 11.1 Å². The van der Waals surface area contributed by atoms with Gasteiger partial charge in [-0.25, -0.2) is 9.98 Å². The third-order valence-electron chi connectivity index (χ3n) is 2.66. The van der Waals surface area contributed by atoms with Gasteiger partial charge in [0, 0.05) is 17.4 Å². The second-order valence-corrected chi connectivity index (χ2v) is 5.70. The van der Waals surface area contributed by atoms with E-state index < -0.39 is 0 Å². The lowest BCUT2D eigenvalue weighted by atomic mass is 10.1. The Labute approximate surface area is 113 Å². The van der Waals surface area contributed by atoms with Gasteiger partial charge in [-0.1, -0.05) is 6.07 Å². The highest BCUT2D eigenvalue weighted by Gasteiger charge is 2.10.